The molecule has 0 fully saturated rings. The number of rotatable bonds is 7. The molecule has 0 saturated carbocycles. The Morgan fingerprint density at radius 1 is 1.03 bits per heavy atom. The number of pyridine rings is 1. The van der Waals surface area contributed by atoms with Crippen LogP contribution in [0.5, 0.6) is 0 Å². The van der Waals surface area contributed by atoms with Gasteiger partial charge in [-0.3, -0.25) is 13.9 Å². The van der Waals surface area contributed by atoms with Gasteiger partial charge in [-0.05, 0) is 36.8 Å². The Bertz CT molecular complexity index is 1500. The molecule has 1 unspecified atom stereocenters. The lowest BCUT2D eigenvalue weighted by Crippen LogP contribution is -2.26. The predicted molar refractivity (Wildman–Crippen MR) is 137 cm³/mol. The summed E-state index contributed by atoms with van der Waals surface area (Å²) in [6, 6.07) is 22.9. The third-order valence-corrected chi connectivity index (χ3v) is 6.00. The maximum Gasteiger partial charge on any atom is 0.244 e. The summed E-state index contributed by atoms with van der Waals surface area (Å²) in [4.78, 5) is 12.7. The molecular weight excluding hydrogens is 460 g/mol. The van der Waals surface area contributed by atoms with Crippen molar-refractivity contribution in [1.29, 1.82) is 0 Å². The zero-order chi connectivity index (χ0) is 24.2. The van der Waals surface area contributed by atoms with Gasteiger partial charge in [-0.25, -0.2) is 0 Å². The van der Waals surface area contributed by atoms with E-state index in [-0.39, 0.29) is 11.9 Å². The molecule has 1 atom stereocenters. The highest BCUT2D eigenvalue weighted by molar-refractivity contribution is 6.31. The molecule has 1 amide bonds. The standard InChI is InChI=1S/C27H23ClN6O/c1-19(27-31-30-24-13-7-8-16-34(24)27)29-25(35)15-14-22-18-33(17-21-11-5-6-12-23(21)28)32-26(22)20-9-3-2-4-10-20/h2-16,18-19H,17H2,1H3,(H,29,35)/b15-14+. The highest BCUT2D eigenvalue weighted by Gasteiger charge is 2.15. The zero-order valence-corrected chi connectivity index (χ0v) is 19.8. The Morgan fingerprint density at radius 2 is 1.80 bits per heavy atom. The molecule has 0 saturated heterocycles. The van der Waals surface area contributed by atoms with Crippen LogP contribution >= 0.6 is 11.6 Å². The van der Waals surface area contributed by atoms with E-state index in [0.29, 0.717) is 17.4 Å². The first-order chi connectivity index (χ1) is 17.1. The second-order valence-electron chi connectivity index (χ2n) is 8.14. The van der Waals surface area contributed by atoms with Crippen LogP contribution in [0.3, 0.4) is 0 Å². The molecule has 3 heterocycles. The Labute approximate surface area is 207 Å². The van der Waals surface area contributed by atoms with E-state index in [1.165, 1.54) is 6.08 Å². The number of halogens is 1. The molecular formula is C27H23ClN6O. The highest BCUT2D eigenvalue weighted by atomic mass is 35.5. The molecule has 2 aromatic carbocycles. The van der Waals surface area contributed by atoms with Crippen molar-refractivity contribution in [2.24, 2.45) is 0 Å². The van der Waals surface area contributed by atoms with Gasteiger partial charge in [0, 0.05) is 34.6 Å². The van der Waals surface area contributed by atoms with Gasteiger partial charge in [0.05, 0.1) is 18.3 Å². The Balaban J connectivity index is 1.38. The van der Waals surface area contributed by atoms with E-state index in [9.17, 15) is 4.79 Å². The van der Waals surface area contributed by atoms with Crippen LogP contribution in [0.2, 0.25) is 5.02 Å². The molecule has 0 spiro atoms. The van der Waals surface area contributed by atoms with Crippen LogP contribution in [0.1, 0.15) is 29.9 Å². The van der Waals surface area contributed by atoms with Crippen molar-refractivity contribution in [2.75, 3.05) is 0 Å². The fourth-order valence-corrected chi connectivity index (χ4v) is 4.10. The van der Waals surface area contributed by atoms with E-state index in [1.54, 1.807) is 6.08 Å². The number of aromatic nitrogens is 5. The molecule has 0 aliphatic rings. The summed E-state index contributed by atoms with van der Waals surface area (Å²) >= 11 is 6.35. The van der Waals surface area contributed by atoms with E-state index < -0.39 is 0 Å². The molecule has 0 radical (unpaired) electrons. The van der Waals surface area contributed by atoms with Crippen molar-refractivity contribution in [3.05, 3.63) is 113 Å². The molecule has 5 rings (SSSR count). The number of amides is 1. The third kappa shape index (κ3) is 5.00. The van der Waals surface area contributed by atoms with E-state index in [1.807, 2.05) is 101 Å². The molecule has 3 aromatic heterocycles. The SMILES string of the molecule is CC(NC(=O)/C=C/c1cn(Cc2ccccc2Cl)nc1-c1ccccc1)c1nnc2ccccn12. The highest BCUT2D eigenvalue weighted by Crippen LogP contribution is 2.24. The number of carbonyl (C=O) groups is 1. The van der Waals surface area contributed by atoms with E-state index in [0.717, 1.165) is 28.0 Å². The van der Waals surface area contributed by atoms with Crippen molar-refractivity contribution in [3.63, 3.8) is 0 Å². The minimum Gasteiger partial charge on any atom is -0.343 e. The van der Waals surface area contributed by atoms with Gasteiger partial charge in [0.2, 0.25) is 5.91 Å². The third-order valence-electron chi connectivity index (χ3n) is 5.63. The number of nitrogens with zero attached hydrogens (tertiary/aromatic N) is 5. The second kappa shape index (κ2) is 9.95. The molecule has 0 aliphatic heterocycles. The van der Waals surface area contributed by atoms with Gasteiger partial charge in [0.1, 0.15) is 0 Å². The normalized spacial score (nSPS) is 12.3. The second-order valence-corrected chi connectivity index (χ2v) is 8.55. The predicted octanol–water partition coefficient (Wildman–Crippen LogP) is 5.19. The van der Waals surface area contributed by atoms with Gasteiger partial charge >= 0.3 is 0 Å². The fourth-order valence-electron chi connectivity index (χ4n) is 3.91. The largest absolute Gasteiger partial charge is 0.343 e. The van der Waals surface area contributed by atoms with Crippen molar-refractivity contribution in [1.82, 2.24) is 29.7 Å². The van der Waals surface area contributed by atoms with Gasteiger partial charge in [-0.1, -0.05) is 66.2 Å². The lowest BCUT2D eigenvalue weighted by molar-refractivity contribution is -0.117. The first-order valence-corrected chi connectivity index (χ1v) is 11.6. The van der Waals surface area contributed by atoms with Crippen LogP contribution in [-0.2, 0) is 11.3 Å². The summed E-state index contributed by atoms with van der Waals surface area (Å²) < 4.78 is 3.70. The average molecular weight is 483 g/mol. The molecule has 174 valence electrons. The van der Waals surface area contributed by atoms with E-state index in [2.05, 4.69) is 15.5 Å². The minimum absolute atomic E-state index is 0.233. The monoisotopic (exact) mass is 482 g/mol. The maximum absolute atomic E-state index is 12.7. The molecule has 1 N–H and O–H groups in total. The van der Waals surface area contributed by atoms with Gasteiger partial charge < -0.3 is 5.32 Å². The molecule has 8 heteroatoms. The Kier molecular flexibility index (Phi) is 6.41. The first kappa shape index (κ1) is 22.6. The maximum atomic E-state index is 12.7. The summed E-state index contributed by atoms with van der Waals surface area (Å²) in [7, 11) is 0. The average Bonchev–Trinajstić information content (AvgIpc) is 3.49. The van der Waals surface area contributed by atoms with Gasteiger partial charge in [-0.15, -0.1) is 10.2 Å². The molecule has 5 aromatic rings. The minimum atomic E-state index is -0.318. The van der Waals surface area contributed by atoms with Crippen molar-refractivity contribution < 1.29 is 4.79 Å². The van der Waals surface area contributed by atoms with Crippen molar-refractivity contribution in [3.8, 4) is 11.3 Å². The molecule has 0 aliphatic carbocycles. The van der Waals surface area contributed by atoms with E-state index in [4.69, 9.17) is 16.7 Å². The van der Waals surface area contributed by atoms with Gasteiger partial charge in [0.25, 0.3) is 0 Å². The van der Waals surface area contributed by atoms with Gasteiger partial charge in [-0.2, -0.15) is 5.10 Å². The van der Waals surface area contributed by atoms with Crippen LogP contribution < -0.4 is 5.32 Å². The summed E-state index contributed by atoms with van der Waals surface area (Å²) in [5.41, 5.74) is 4.29. The Hall–Kier alpha value is -4.23. The molecule has 35 heavy (non-hydrogen) atoms. The summed E-state index contributed by atoms with van der Waals surface area (Å²) in [6.45, 7) is 2.41. The molecule has 0 bridgehead atoms. The number of benzene rings is 2. The van der Waals surface area contributed by atoms with Gasteiger partial charge in [0.15, 0.2) is 11.5 Å². The van der Waals surface area contributed by atoms with Crippen LogP contribution in [0, 0.1) is 0 Å². The van der Waals surface area contributed by atoms with Crippen LogP contribution in [0.4, 0.5) is 0 Å². The lowest BCUT2D eigenvalue weighted by atomic mass is 10.1. The first-order valence-electron chi connectivity index (χ1n) is 11.2. The summed E-state index contributed by atoms with van der Waals surface area (Å²) in [5.74, 6) is 0.433. The number of hydrogen-bond acceptors (Lipinski definition) is 4. The summed E-state index contributed by atoms with van der Waals surface area (Å²) in [5, 5.41) is 16.8. The lowest BCUT2D eigenvalue weighted by Gasteiger charge is -2.10. The smallest absolute Gasteiger partial charge is 0.244 e. The topological polar surface area (TPSA) is 77.1 Å². The fraction of sp³-hybridized carbons (Fsp3) is 0.111. The zero-order valence-electron chi connectivity index (χ0n) is 19.0. The van der Waals surface area contributed by atoms with Crippen LogP contribution in [0.15, 0.2) is 91.3 Å². The van der Waals surface area contributed by atoms with Crippen LogP contribution in [0.25, 0.3) is 23.0 Å². The summed E-state index contributed by atoms with van der Waals surface area (Å²) in [6.07, 6.45) is 7.10. The van der Waals surface area contributed by atoms with E-state index >= 15 is 0 Å². The van der Waals surface area contributed by atoms with Crippen LogP contribution in [-0.4, -0.2) is 30.3 Å². The molecule has 7 nitrogen and oxygen atoms in total. The van der Waals surface area contributed by atoms with Crippen molar-refractivity contribution >= 4 is 29.2 Å². The quantitative estimate of drug-likeness (QED) is 0.324. The number of hydrogen-bond donors (Lipinski definition) is 1. The van der Waals surface area contributed by atoms with Crippen molar-refractivity contribution in [2.45, 2.75) is 19.5 Å². The Morgan fingerprint density at radius 3 is 2.63 bits per heavy atom. The number of carbonyl (C=O) groups excluding carboxylic acids is 1. The number of fused-ring (bicyclic) bond motifs is 1. The number of nitrogens with one attached hydrogen (secondary N) is 1.